The summed E-state index contributed by atoms with van der Waals surface area (Å²) in [6.45, 7) is 0. The maximum atomic E-state index is 12.1. The Labute approximate surface area is 118 Å². The fraction of sp³-hybridized carbons (Fsp3) is 0.571. The number of hydrogen-bond donors (Lipinski definition) is 1. The van der Waals surface area contributed by atoms with Gasteiger partial charge < -0.3 is 10.1 Å². The number of rotatable bonds is 4. The van der Waals surface area contributed by atoms with Crippen molar-refractivity contribution < 1.29 is 14.3 Å². The second-order valence-electron chi connectivity index (χ2n) is 4.96. The van der Waals surface area contributed by atoms with Crippen LogP contribution in [-0.2, 0) is 9.53 Å². The quantitative estimate of drug-likeness (QED) is 0.840. The summed E-state index contributed by atoms with van der Waals surface area (Å²) in [6.07, 6.45) is 9.53. The first kappa shape index (κ1) is 14.4. The molecule has 1 amide bonds. The molecular formula is C14H19N3O3. The van der Waals surface area contributed by atoms with Gasteiger partial charge in [-0.15, -0.1) is 0 Å². The number of amides is 1. The monoisotopic (exact) mass is 277 g/mol. The van der Waals surface area contributed by atoms with Crippen LogP contribution in [0.5, 0.6) is 0 Å². The molecular weight excluding hydrogens is 258 g/mol. The summed E-state index contributed by atoms with van der Waals surface area (Å²) in [5, 5.41) is 2.74. The van der Waals surface area contributed by atoms with E-state index in [9.17, 15) is 9.59 Å². The fourth-order valence-electron chi connectivity index (χ4n) is 2.60. The van der Waals surface area contributed by atoms with Crippen molar-refractivity contribution in [1.82, 2.24) is 15.3 Å². The van der Waals surface area contributed by atoms with Crippen molar-refractivity contribution in [3.63, 3.8) is 0 Å². The van der Waals surface area contributed by atoms with Crippen LogP contribution in [0.3, 0.4) is 0 Å². The number of aromatic nitrogens is 2. The van der Waals surface area contributed by atoms with E-state index in [1.54, 1.807) is 0 Å². The lowest BCUT2D eigenvalue weighted by molar-refractivity contribution is -0.144. The second kappa shape index (κ2) is 6.98. The number of methoxy groups -OCH3 is 1. The van der Waals surface area contributed by atoms with Crippen LogP contribution in [0.25, 0.3) is 0 Å². The van der Waals surface area contributed by atoms with Crippen LogP contribution in [0, 0.1) is 5.92 Å². The van der Waals surface area contributed by atoms with Crippen molar-refractivity contribution in [3.05, 3.63) is 24.3 Å². The van der Waals surface area contributed by atoms with Crippen molar-refractivity contribution in [2.24, 2.45) is 5.92 Å². The highest BCUT2D eigenvalue weighted by Gasteiger charge is 2.32. The van der Waals surface area contributed by atoms with Crippen molar-refractivity contribution >= 4 is 11.9 Å². The van der Waals surface area contributed by atoms with E-state index in [2.05, 4.69) is 15.3 Å². The molecule has 1 aromatic heterocycles. The SMILES string of the molecule is COC(=O)[C@@H](NC(=O)c1cnccn1)C1CCCCC1. The molecule has 1 atom stereocenters. The molecule has 1 aliphatic rings. The molecule has 0 bridgehead atoms. The predicted molar refractivity (Wildman–Crippen MR) is 71.9 cm³/mol. The van der Waals surface area contributed by atoms with Gasteiger partial charge in [0.2, 0.25) is 0 Å². The average molecular weight is 277 g/mol. The molecule has 0 aromatic carbocycles. The van der Waals surface area contributed by atoms with Crippen LogP contribution in [0.1, 0.15) is 42.6 Å². The predicted octanol–water partition coefficient (Wildman–Crippen LogP) is 1.33. The Balaban J connectivity index is 2.07. The number of ether oxygens (including phenoxy) is 1. The minimum atomic E-state index is -0.602. The Hall–Kier alpha value is -1.98. The summed E-state index contributed by atoms with van der Waals surface area (Å²) < 4.78 is 4.81. The standard InChI is InChI=1S/C14H19N3O3/c1-20-14(19)12(10-5-3-2-4-6-10)17-13(18)11-9-15-7-8-16-11/h7-10,12H,2-6H2,1H3,(H,17,18)/t12-/m0/s1. The molecule has 2 rings (SSSR count). The van der Waals surface area contributed by atoms with Gasteiger partial charge in [0.15, 0.2) is 0 Å². The Kier molecular flexibility index (Phi) is 5.03. The molecule has 1 fully saturated rings. The Morgan fingerprint density at radius 3 is 2.65 bits per heavy atom. The van der Waals surface area contributed by atoms with E-state index >= 15 is 0 Å². The van der Waals surface area contributed by atoms with Crippen LogP contribution in [-0.4, -0.2) is 35.0 Å². The summed E-state index contributed by atoms with van der Waals surface area (Å²) in [7, 11) is 1.34. The van der Waals surface area contributed by atoms with Gasteiger partial charge in [-0.25, -0.2) is 9.78 Å². The minimum absolute atomic E-state index is 0.136. The highest BCUT2D eigenvalue weighted by Crippen LogP contribution is 2.27. The van der Waals surface area contributed by atoms with Gasteiger partial charge >= 0.3 is 5.97 Å². The molecule has 1 saturated carbocycles. The first-order valence-corrected chi connectivity index (χ1v) is 6.87. The molecule has 108 valence electrons. The molecule has 0 spiro atoms. The highest BCUT2D eigenvalue weighted by molar-refractivity contribution is 5.95. The number of carbonyl (C=O) groups excluding carboxylic acids is 2. The maximum absolute atomic E-state index is 12.1. The topological polar surface area (TPSA) is 81.2 Å². The van der Waals surface area contributed by atoms with Crippen LogP contribution in [0.4, 0.5) is 0 Å². The summed E-state index contributed by atoms with van der Waals surface area (Å²) in [4.78, 5) is 31.8. The second-order valence-corrected chi connectivity index (χ2v) is 4.96. The van der Waals surface area contributed by atoms with Gasteiger partial charge in [0.1, 0.15) is 11.7 Å². The van der Waals surface area contributed by atoms with Crippen LogP contribution in [0.2, 0.25) is 0 Å². The lowest BCUT2D eigenvalue weighted by atomic mass is 9.84. The Morgan fingerprint density at radius 2 is 2.05 bits per heavy atom. The zero-order chi connectivity index (χ0) is 14.4. The van der Waals surface area contributed by atoms with Gasteiger partial charge in [-0.05, 0) is 18.8 Å². The molecule has 1 aromatic rings. The fourth-order valence-corrected chi connectivity index (χ4v) is 2.60. The summed E-state index contributed by atoms with van der Waals surface area (Å²) in [5.74, 6) is -0.648. The van der Waals surface area contributed by atoms with Crippen molar-refractivity contribution in [3.8, 4) is 0 Å². The van der Waals surface area contributed by atoms with Crippen LogP contribution < -0.4 is 5.32 Å². The molecule has 6 nitrogen and oxygen atoms in total. The molecule has 1 heterocycles. The number of nitrogens with one attached hydrogen (secondary N) is 1. The number of carbonyl (C=O) groups is 2. The summed E-state index contributed by atoms with van der Waals surface area (Å²) in [6, 6.07) is -0.602. The minimum Gasteiger partial charge on any atom is -0.467 e. The number of hydrogen-bond acceptors (Lipinski definition) is 5. The van der Waals surface area contributed by atoms with Gasteiger partial charge in [0, 0.05) is 12.4 Å². The molecule has 0 saturated heterocycles. The van der Waals surface area contributed by atoms with E-state index in [0.717, 1.165) is 25.7 Å². The van der Waals surface area contributed by atoms with Crippen LogP contribution in [0.15, 0.2) is 18.6 Å². The van der Waals surface area contributed by atoms with Crippen molar-refractivity contribution in [1.29, 1.82) is 0 Å². The van der Waals surface area contributed by atoms with E-state index in [1.165, 1.54) is 32.1 Å². The third kappa shape index (κ3) is 3.53. The van der Waals surface area contributed by atoms with Gasteiger partial charge in [-0.3, -0.25) is 9.78 Å². The lowest BCUT2D eigenvalue weighted by Gasteiger charge is -2.28. The van der Waals surface area contributed by atoms with Gasteiger partial charge in [-0.1, -0.05) is 19.3 Å². The van der Waals surface area contributed by atoms with E-state index in [0.29, 0.717) is 0 Å². The Morgan fingerprint density at radius 1 is 1.30 bits per heavy atom. The first-order valence-electron chi connectivity index (χ1n) is 6.87. The smallest absolute Gasteiger partial charge is 0.328 e. The molecule has 0 unspecified atom stereocenters. The average Bonchev–Trinajstić information content (AvgIpc) is 2.53. The number of esters is 1. The van der Waals surface area contributed by atoms with Gasteiger partial charge in [0.05, 0.1) is 13.3 Å². The molecule has 20 heavy (non-hydrogen) atoms. The van der Waals surface area contributed by atoms with Gasteiger partial charge in [-0.2, -0.15) is 0 Å². The zero-order valence-corrected chi connectivity index (χ0v) is 11.5. The van der Waals surface area contributed by atoms with E-state index < -0.39 is 12.0 Å². The van der Waals surface area contributed by atoms with E-state index in [1.807, 2.05) is 0 Å². The van der Waals surface area contributed by atoms with Crippen LogP contribution >= 0.6 is 0 Å². The van der Waals surface area contributed by atoms with E-state index in [4.69, 9.17) is 4.74 Å². The van der Waals surface area contributed by atoms with E-state index in [-0.39, 0.29) is 17.5 Å². The molecule has 0 radical (unpaired) electrons. The third-order valence-corrected chi connectivity index (χ3v) is 3.66. The molecule has 0 aliphatic heterocycles. The third-order valence-electron chi connectivity index (χ3n) is 3.66. The largest absolute Gasteiger partial charge is 0.467 e. The normalized spacial score (nSPS) is 17.2. The molecule has 1 aliphatic carbocycles. The summed E-state index contributed by atoms with van der Waals surface area (Å²) >= 11 is 0. The zero-order valence-electron chi connectivity index (χ0n) is 11.5. The summed E-state index contributed by atoms with van der Waals surface area (Å²) in [5.41, 5.74) is 0.206. The van der Waals surface area contributed by atoms with Gasteiger partial charge in [0.25, 0.3) is 5.91 Å². The maximum Gasteiger partial charge on any atom is 0.328 e. The highest BCUT2D eigenvalue weighted by atomic mass is 16.5. The Bertz CT molecular complexity index is 458. The molecule has 6 heteroatoms. The lowest BCUT2D eigenvalue weighted by Crippen LogP contribution is -2.47. The van der Waals surface area contributed by atoms with Crippen molar-refractivity contribution in [2.45, 2.75) is 38.1 Å². The molecule has 1 N–H and O–H groups in total. The number of nitrogens with zero attached hydrogens (tertiary/aromatic N) is 2. The van der Waals surface area contributed by atoms with Crippen molar-refractivity contribution in [2.75, 3.05) is 7.11 Å². The first-order chi connectivity index (χ1) is 9.72.